The van der Waals surface area contributed by atoms with Crippen LogP contribution < -0.4 is 4.74 Å². The number of aliphatic hydroxyl groups is 1. The number of benzene rings is 2. The lowest BCUT2D eigenvalue weighted by atomic mass is 10.0. The summed E-state index contributed by atoms with van der Waals surface area (Å²) in [4.78, 5) is 12.2. The number of hydrogen-bond acceptors (Lipinski definition) is 5. The van der Waals surface area contributed by atoms with E-state index in [2.05, 4.69) is 0 Å². The van der Waals surface area contributed by atoms with Crippen LogP contribution in [0.15, 0.2) is 36.4 Å². The van der Waals surface area contributed by atoms with E-state index in [-0.39, 0.29) is 27.6 Å². The van der Waals surface area contributed by atoms with Crippen molar-refractivity contribution in [2.75, 3.05) is 7.11 Å². The van der Waals surface area contributed by atoms with Crippen LogP contribution in [0.3, 0.4) is 0 Å². The molecule has 2 aromatic rings. The summed E-state index contributed by atoms with van der Waals surface area (Å²) in [6, 6.07) is 7.40. The molecule has 0 fully saturated rings. The minimum Gasteiger partial charge on any atom is -0.507 e. The molecule has 2 aromatic carbocycles. The third-order valence-corrected chi connectivity index (χ3v) is 3.44. The molecule has 0 saturated heterocycles. The van der Waals surface area contributed by atoms with Gasteiger partial charge in [0.1, 0.15) is 5.75 Å². The second-order valence-electron chi connectivity index (χ2n) is 4.75. The normalized spacial score (nSPS) is 10.9. The molecule has 0 heterocycles. The zero-order valence-electron chi connectivity index (χ0n) is 12.3. The summed E-state index contributed by atoms with van der Waals surface area (Å²) in [5.74, 6) is -0.497. The predicted molar refractivity (Wildman–Crippen MR) is 87.1 cm³/mol. The molecule has 0 saturated carbocycles. The number of aliphatic hydroxyl groups excluding tert-OH is 1. The van der Waals surface area contributed by atoms with Gasteiger partial charge in [-0.15, -0.1) is 0 Å². The number of halogens is 1. The van der Waals surface area contributed by atoms with Crippen LogP contribution in [-0.4, -0.2) is 28.2 Å². The number of rotatable bonds is 5. The van der Waals surface area contributed by atoms with Crippen LogP contribution >= 0.6 is 11.6 Å². The van der Waals surface area contributed by atoms with Gasteiger partial charge in [0.15, 0.2) is 17.3 Å². The van der Waals surface area contributed by atoms with Crippen LogP contribution in [0.1, 0.15) is 21.5 Å². The minimum absolute atomic E-state index is 0.00414. The number of phenolic OH excluding ortho intramolecular Hbond substituents is 1. The van der Waals surface area contributed by atoms with E-state index < -0.39 is 12.4 Å². The quantitative estimate of drug-likeness (QED) is 0.577. The number of aromatic hydroxyl groups is 2. The third-order valence-electron chi connectivity index (χ3n) is 3.22. The molecule has 5 nitrogen and oxygen atoms in total. The van der Waals surface area contributed by atoms with Gasteiger partial charge in [-0.25, -0.2) is 0 Å². The van der Waals surface area contributed by atoms with Crippen LogP contribution in [0.2, 0.25) is 5.02 Å². The molecule has 0 spiro atoms. The van der Waals surface area contributed by atoms with E-state index in [0.717, 1.165) is 0 Å². The molecule has 3 N–H and O–H groups in total. The van der Waals surface area contributed by atoms with Gasteiger partial charge in [-0.3, -0.25) is 4.79 Å². The van der Waals surface area contributed by atoms with Gasteiger partial charge in [-0.1, -0.05) is 23.7 Å². The molecular weight excluding hydrogens is 320 g/mol. The molecule has 23 heavy (non-hydrogen) atoms. The van der Waals surface area contributed by atoms with Crippen LogP contribution in [0.4, 0.5) is 0 Å². The van der Waals surface area contributed by atoms with E-state index in [9.17, 15) is 15.0 Å². The molecule has 0 aliphatic rings. The summed E-state index contributed by atoms with van der Waals surface area (Å²) in [6.07, 6.45) is 2.73. The van der Waals surface area contributed by atoms with E-state index in [0.29, 0.717) is 11.3 Å². The van der Waals surface area contributed by atoms with Crippen molar-refractivity contribution in [2.45, 2.75) is 6.61 Å². The van der Waals surface area contributed by atoms with Gasteiger partial charge in [-0.2, -0.15) is 0 Å². The number of hydrogen-bond donors (Lipinski definition) is 3. The van der Waals surface area contributed by atoms with E-state index in [1.165, 1.54) is 37.5 Å². The number of carbonyl (C=O) groups excluding carboxylic acids is 1. The van der Waals surface area contributed by atoms with Crippen molar-refractivity contribution < 1.29 is 24.9 Å². The lowest BCUT2D eigenvalue weighted by Crippen LogP contribution is -1.98. The summed E-state index contributed by atoms with van der Waals surface area (Å²) in [5, 5.41) is 29.0. The lowest BCUT2D eigenvalue weighted by Gasteiger charge is -2.07. The first-order valence-electron chi connectivity index (χ1n) is 6.68. The standard InChI is InChI=1S/C17H15ClO5/c1-23-16-5-3-10(6-15(16)21)2-4-14(20)13-8-12(18)7-11(9-19)17(13)22/h2-8,19,21-22H,9H2,1H3. The Balaban J connectivity index is 2.28. The fourth-order valence-corrected chi connectivity index (χ4v) is 2.28. The molecule has 6 heteroatoms. The van der Waals surface area contributed by atoms with Crippen molar-refractivity contribution in [3.8, 4) is 17.2 Å². The van der Waals surface area contributed by atoms with E-state index in [1.807, 2.05) is 0 Å². The predicted octanol–water partition coefficient (Wildman–Crippen LogP) is 3.15. The van der Waals surface area contributed by atoms with Gasteiger partial charge in [0, 0.05) is 10.6 Å². The Hall–Kier alpha value is -2.50. The maximum Gasteiger partial charge on any atom is 0.189 e. The number of ketones is 1. The second-order valence-corrected chi connectivity index (χ2v) is 5.18. The fraction of sp³-hybridized carbons (Fsp3) is 0.118. The summed E-state index contributed by atoms with van der Waals surface area (Å²) >= 11 is 5.87. The first-order chi connectivity index (χ1) is 11.0. The average Bonchev–Trinajstić information content (AvgIpc) is 2.54. The molecular formula is C17H15ClO5. The molecule has 0 unspecified atom stereocenters. The van der Waals surface area contributed by atoms with Gasteiger partial charge >= 0.3 is 0 Å². The van der Waals surface area contributed by atoms with E-state index in [4.69, 9.17) is 21.4 Å². The second kappa shape index (κ2) is 7.17. The third kappa shape index (κ3) is 3.83. The molecule has 0 bridgehead atoms. The molecule has 0 aliphatic carbocycles. The first-order valence-corrected chi connectivity index (χ1v) is 7.05. The number of ether oxygens (including phenoxy) is 1. The topological polar surface area (TPSA) is 87.0 Å². The maximum atomic E-state index is 12.2. The zero-order chi connectivity index (χ0) is 17.0. The smallest absolute Gasteiger partial charge is 0.189 e. The van der Waals surface area contributed by atoms with Crippen molar-refractivity contribution in [2.24, 2.45) is 0 Å². The molecule has 2 rings (SSSR count). The number of phenols is 2. The Morgan fingerprint density at radius 1 is 1.26 bits per heavy atom. The Labute approximate surface area is 138 Å². The highest BCUT2D eigenvalue weighted by molar-refractivity contribution is 6.31. The van der Waals surface area contributed by atoms with Gasteiger partial charge in [0.2, 0.25) is 0 Å². The molecule has 120 valence electrons. The molecule has 0 amide bonds. The summed E-state index contributed by atoms with van der Waals surface area (Å²) < 4.78 is 4.94. The highest BCUT2D eigenvalue weighted by Gasteiger charge is 2.14. The maximum absolute atomic E-state index is 12.2. The molecule has 0 aliphatic heterocycles. The van der Waals surface area contributed by atoms with Gasteiger partial charge in [-0.05, 0) is 35.9 Å². The Morgan fingerprint density at radius 3 is 2.61 bits per heavy atom. The number of methoxy groups -OCH3 is 1. The monoisotopic (exact) mass is 334 g/mol. The average molecular weight is 335 g/mol. The minimum atomic E-state index is -0.477. The highest BCUT2D eigenvalue weighted by Crippen LogP contribution is 2.29. The van der Waals surface area contributed by atoms with Crippen LogP contribution in [0.5, 0.6) is 17.2 Å². The van der Waals surface area contributed by atoms with Crippen molar-refractivity contribution in [3.63, 3.8) is 0 Å². The summed E-state index contributed by atoms with van der Waals surface area (Å²) in [7, 11) is 1.44. The Morgan fingerprint density at radius 2 is 2.00 bits per heavy atom. The van der Waals surface area contributed by atoms with Crippen LogP contribution in [-0.2, 0) is 6.61 Å². The van der Waals surface area contributed by atoms with Gasteiger partial charge < -0.3 is 20.1 Å². The van der Waals surface area contributed by atoms with E-state index in [1.54, 1.807) is 12.1 Å². The molecule has 0 radical (unpaired) electrons. The Bertz CT molecular complexity index is 768. The van der Waals surface area contributed by atoms with Crippen LogP contribution in [0.25, 0.3) is 6.08 Å². The largest absolute Gasteiger partial charge is 0.507 e. The van der Waals surface area contributed by atoms with Gasteiger partial charge in [0.25, 0.3) is 0 Å². The van der Waals surface area contributed by atoms with Crippen LogP contribution in [0, 0.1) is 0 Å². The fourth-order valence-electron chi connectivity index (χ4n) is 2.04. The van der Waals surface area contributed by atoms with Crippen molar-refractivity contribution >= 4 is 23.5 Å². The van der Waals surface area contributed by atoms with Crippen molar-refractivity contribution in [1.82, 2.24) is 0 Å². The molecule has 0 atom stereocenters. The lowest BCUT2D eigenvalue weighted by molar-refractivity contribution is 0.104. The van der Waals surface area contributed by atoms with Crippen molar-refractivity contribution in [1.29, 1.82) is 0 Å². The first kappa shape index (κ1) is 16.9. The number of allylic oxidation sites excluding steroid dienone is 1. The number of carbonyl (C=O) groups is 1. The summed E-state index contributed by atoms with van der Waals surface area (Å²) in [5.41, 5.74) is 0.757. The zero-order valence-corrected chi connectivity index (χ0v) is 13.0. The summed E-state index contributed by atoms with van der Waals surface area (Å²) in [6.45, 7) is -0.428. The van der Waals surface area contributed by atoms with E-state index >= 15 is 0 Å². The highest BCUT2D eigenvalue weighted by atomic mass is 35.5. The van der Waals surface area contributed by atoms with Gasteiger partial charge in [0.05, 0.1) is 19.3 Å². The van der Waals surface area contributed by atoms with Crippen molar-refractivity contribution in [3.05, 3.63) is 58.1 Å². The Kier molecular flexibility index (Phi) is 5.26. The SMILES string of the molecule is COc1ccc(C=CC(=O)c2cc(Cl)cc(CO)c2O)cc1O. The molecule has 0 aromatic heterocycles.